The van der Waals surface area contributed by atoms with E-state index in [0.717, 1.165) is 37.2 Å². The first-order chi connectivity index (χ1) is 8.66. The van der Waals surface area contributed by atoms with Crippen LogP contribution < -0.4 is 10.6 Å². The number of rotatable bonds is 3. The van der Waals surface area contributed by atoms with Crippen LogP contribution in [0.25, 0.3) is 0 Å². The van der Waals surface area contributed by atoms with Gasteiger partial charge in [0.25, 0.3) is 0 Å². The van der Waals surface area contributed by atoms with Gasteiger partial charge in [0.15, 0.2) is 0 Å². The zero-order chi connectivity index (χ0) is 13.0. The number of amides is 1. The summed E-state index contributed by atoms with van der Waals surface area (Å²) in [6.07, 6.45) is 2.85. The van der Waals surface area contributed by atoms with Crippen LogP contribution in [-0.2, 0) is 4.79 Å². The number of carbonyl (C=O) groups excluding carboxylic acids is 1. The largest absolute Gasteiger partial charge is 0.325 e. The van der Waals surface area contributed by atoms with Crippen molar-refractivity contribution in [1.29, 1.82) is 0 Å². The third-order valence-corrected chi connectivity index (χ3v) is 3.67. The molecule has 0 saturated carbocycles. The molecule has 0 aromatic heterocycles. The number of hydrogen-bond donors (Lipinski definition) is 2. The van der Waals surface area contributed by atoms with Gasteiger partial charge in [-0.1, -0.05) is 23.7 Å². The lowest BCUT2D eigenvalue weighted by atomic mass is 9.96. The van der Waals surface area contributed by atoms with Gasteiger partial charge in [-0.25, -0.2) is 0 Å². The Balaban J connectivity index is 1.94. The average Bonchev–Trinajstić information content (AvgIpc) is 2.35. The maximum Gasteiger partial charge on any atom is 0.224 e. The lowest BCUT2D eigenvalue weighted by Gasteiger charge is -2.22. The molecule has 0 spiro atoms. The molecule has 2 rings (SSSR count). The Morgan fingerprint density at radius 1 is 1.56 bits per heavy atom. The van der Waals surface area contributed by atoms with Crippen molar-refractivity contribution < 1.29 is 4.79 Å². The molecule has 1 saturated heterocycles. The Morgan fingerprint density at radius 3 is 3.06 bits per heavy atom. The highest BCUT2D eigenvalue weighted by Gasteiger charge is 2.17. The number of benzene rings is 1. The van der Waals surface area contributed by atoms with E-state index in [-0.39, 0.29) is 5.91 Å². The molecule has 0 bridgehead atoms. The van der Waals surface area contributed by atoms with Crippen molar-refractivity contribution in [1.82, 2.24) is 5.32 Å². The Labute approximate surface area is 113 Å². The van der Waals surface area contributed by atoms with Crippen LogP contribution in [0, 0.1) is 12.8 Å². The number of nitrogens with one attached hydrogen (secondary N) is 2. The van der Waals surface area contributed by atoms with Gasteiger partial charge in [0, 0.05) is 6.42 Å². The molecule has 1 atom stereocenters. The van der Waals surface area contributed by atoms with Crippen LogP contribution in [0.15, 0.2) is 18.2 Å². The van der Waals surface area contributed by atoms with E-state index >= 15 is 0 Å². The fourth-order valence-electron chi connectivity index (χ4n) is 2.34. The van der Waals surface area contributed by atoms with Crippen molar-refractivity contribution in [2.75, 3.05) is 18.4 Å². The molecule has 18 heavy (non-hydrogen) atoms. The molecule has 1 aromatic carbocycles. The van der Waals surface area contributed by atoms with Crippen molar-refractivity contribution in [3.63, 3.8) is 0 Å². The van der Waals surface area contributed by atoms with Gasteiger partial charge in [-0.2, -0.15) is 0 Å². The number of piperidine rings is 1. The second kappa shape index (κ2) is 6.21. The Hall–Kier alpha value is -1.06. The van der Waals surface area contributed by atoms with Crippen molar-refractivity contribution in [3.8, 4) is 0 Å². The summed E-state index contributed by atoms with van der Waals surface area (Å²) in [6.45, 7) is 3.96. The van der Waals surface area contributed by atoms with E-state index in [0.29, 0.717) is 17.4 Å². The van der Waals surface area contributed by atoms with Crippen LogP contribution in [0.4, 0.5) is 5.69 Å². The second-order valence-corrected chi connectivity index (χ2v) is 5.30. The van der Waals surface area contributed by atoms with Crippen molar-refractivity contribution in [2.24, 2.45) is 5.92 Å². The highest BCUT2D eigenvalue weighted by Crippen LogP contribution is 2.26. The molecule has 2 N–H and O–H groups in total. The molecule has 1 fully saturated rings. The van der Waals surface area contributed by atoms with Crippen molar-refractivity contribution in [2.45, 2.75) is 26.2 Å². The Kier molecular flexibility index (Phi) is 4.61. The molecule has 1 unspecified atom stereocenters. The van der Waals surface area contributed by atoms with E-state index in [1.54, 1.807) is 6.07 Å². The van der Waals surface area contributed by atoms with E-state index in [9.17, 15) is 4.79 Å². The second-order valence-electron chi connectivity index (χ2n) is 4.90. The third-order valence-electron chi connectivity index (χ3n) is 3.36. The molecule has 1 aromatic rings. The van der Waals surface area contributed by atoms with Gasteiger partial charge in [-0.3, -0.25) is 4.79 Å². The highest BCUT2D eigenvalue weighted by molar-refractivity contribution is 6.33. The molecular weight excluding hydrogens is 248 g/mol. The van der Waals surface area contributed by atoms with Gasteiger partial charge < -0.3 is 10.6 Å². The van der Waals surface area contributed by atoms with E-state index in [4.69, 9.17) is 11.6 Å². The van der Waals surface area contributed by atoms with E-state index in [2.05, 4.69) is 10.6 Å². The number of anilines is 1. The predicted molar refractivity (Wildman–Crippen MR) is 75.0 cm³/mol. The van der Waals surface area contributed by atoms with Gasteiger partial charge in [-0.05, 0) is 50.4 Å². The summed E-state index contributed by atoms with van der Waals surface area (Å²) in [5.74, 6) is 0.501. The van der Waals surface area contributed by atoms with Gasteiger partial charge in [0.05, 0.1) is 10.7 Å². The number of para-hydroxylation sites is 1. The molecule has 1 heterocycles. The van der Waals surface area contributed by atoms with Crippen LogP contribution in [0.5, 0.6) is 0 Å². The van der Waals surface area contributed by atoms with Gasteiger partial charge in [0.2, 0.25) is 5.91 Å². The fourth-order valence-corrected chi connectivity index (χ4v) is 2.61. The minimum atomic E-state index is 0.0555. The molecule has 4 heteroatoms. The summed E-state index contributed by atoms with van der Waals surface area (Å²) in [4.78, 5) is 12.0. The predicted octanol–water partition coefficient (Wildman–Crippen LogP) is 2.98. The maximum absolute atomic E-state index is 12.0. The number of halogens is 1. The lowest BCUT2D eigenvalue weighted by Crippen LogP contribution is -2.32. The van der Waals surface area contributed by atoms with E-state index in [1.807, 2.05) is 19.1 Å². The average molecular weight is 267 g/mol. The van der Waals surface area contributed by atoms with Crippen LogP contribution in [0.3, 0.4) is 0 Å². The Morgan fingerprint density at radius 2 is 2.39 bits per heavy atom. The summed E-state index contributed by atoms with van der Waals surface area (Å²) in [5, 5.41) is 6.85. The molecule has 98 valence electrons. The van der Waals surface area contributed by atoms with Crippen molar-refractivity contribution in [3.05, 3.63) is 28.8 Å². The lowest BCUT2D eigenvalue weighted by molar-refractivity contribution is -0.117. The first kappa shape index (κ1) is 13.4. The first-order valence-corrected chi connectivity index (χ1v) is 6.80. The fraction of sp³-hybridized carbons (Fsp3) is 0.500. The summed E-state index contributed by atoms with van der Waals surface area (Å²) in [5.41, 5.74) is 1.74. The standard InChI is InChI=1S/C14H19ClN2O/c1-10-4-2-6-12(15)14(10)17-13(18)8-11-5-3-7-16-9-11/h2,4,6,11,16H,3,5,7-9H2,1H3,(H,17,18). The highest BCUT2D eigenvalue weighted by atomic mass is 35.5. The van der Waals surface area contributed by atoms with E-state index in [1.165, 1.54) is 0 Å². The first-order valence-electron chi connectivity index (χ1n) is 6.42. The monoisotopic (exact) mass is 266 g/mol. The summed E-state index contributed by atoms with van der Waals surface area (Å²) >= 11 is 6.09. The van der Waals surface area contributed by atoms with Crippen LogP contribution in [0.2, 0.25) is 5.02 Å². The van der Waals surface area contributed by atoms with Crippen LogP contribution >= 0.6 is 11.6 Å². The molecule has 0 radical (unpaired) electrons. The zero-order valence-corrected chi connectivity index (χ0v) is 11.4. The number of aryl methyl sites for hydroxylation is 1. The molecule has 1 aliphatic heterocycles. The topological polar surface area (TPSA) is 41.1 Å². The number of carbonyl (C=O) groups is 1. The van der Waals surface area contributed by atoms with Gasteiger partial charge in [0.1, 0.15) is 0 Å². The van der Waals surface area contributed by atoms with Crippen molar-refractivity contribution >= 4 is 23.2 Å². The van der Waals surface area contributed by atoms with Gasteiger partial charge >= 0.3 is 0 Å². The quantitative estimate of drug-likeness (QED) is 0.883. The summed E-state index contributed by atoms with van der Waals surface area (Å²) in [6, 6.07) is 5.63. The minimum Gasteiger partial charge on any atom is -0.325 e. The van der Waals surface area contributed by atoms with Crippen LogP contribution in [-0.4, -0.2) is 19.0 Å². The minimum absolute atomic E-state index is 0.0555. The van der Waals surface area contributed by atoms with Crippen LogP contribution in [0.1, 0.15) is 24.8 Å². The molecule has 3 nitrogen and oxygen atoms in total. The normalized spacial score (nSPS) is 19.6. The Bertz CT molecular complexity index is 408. The van der Waals surface area contributed by atoms with Gasteiger partial charge in [-0.15, -0.1) is 0 Å². The smallest absolute Gasteiger partial charge is 0.224 e. The number of hydrogen-bond acceptors (Lipinski definition) is 2. The SMILES string of the molecule is Cc1cccc(Cl)c1NC(=O)CC1CCCNC1. The zero-order valence-electron chi connectivity index (χ0n) is 10.6. The molecule has 1 amide bonds. The maximum atomic E-state index is 12.0. The molecular formula is C14H19ClN2O. The summed E-state index contributed by atoms with van der Waals surface area (Å²) < 4.78 is 0. The summed E-state index contributed by atoms with van der Waals surface area (Å²) in [7, 11) is 0. The third kappa shape index (κ3) is 3.47. The molecule has 0 aliphatic carbocycles. The molecule has 1 aliphatic rings. The van der Waals surface area contributed by atoms with E-state index < -0.39 is 0 Å².